The van der Waals surface area contributed by atoms with E-state index in [1.54, 1.807) is 17.6 Å². The van der Waals surface area contributed by atoms with Crippen LogP contribution < -0.4 is 15.0 Å². The molecule has 7 nitrogen and oxygen atoms in total. The second-order valence-electron chi connectivity index (χ2n) is 9.59. The SMILES string of the molecule is Cc1cc2c(F)c(Oc3ncnc(Nc4ccc(N5CCN(C)CC5)cc4)c3F)cc(F)c2n1C(C)C. The van der Waals surface area contributed by atoms with Crippen LogP contribution in [-0.4, -0.2) is 52.7 Å². The van der Waals surface area contributed by atoms with E-state index in [0.29, 0.717) is 11.4 Å². The Morgan fingerprint density at radius 2 is 1.65 bits per heavy atom. The molecule has 1 saturated heterocycles. The molecule has 0 radical (unpaired) electrons. The van der Waals surface area contributed by atoms with Crippen molar-refractivity contribution in [1.82, 2.24) is 19.4 Å². The number of aryl methyl sites for hydroxylation is 1. The molecule has 4 aromatic rings. The van der Waals surface area contributed by atoms with Gasteiger partial charge in [-0.3, -0.25) is 0 Å². The van der Waals surface area contributed by atoms with Gasteiger partial charge in [0, 0.05) is 60.7 Å². The van der Waals surface area contributed by atoms with E-state index in [9.17, 15) is 0 Å². The average Bonchev–Trinajstić information content (AvgIpc) is 3.24. The van der Waals surface area contributed by atoms with Crippen molar-refractivity contribution >= 4 is 28.1 Å². The molecule has 5 rings (SSSR count). The molecule has 1 aliphatic rings. The standard InChI is InChI=1S/C27H29F3N6O/c1-16(2)36-17(3)13-20-23(29)22(14-21(28)25(20)36)37-27-24(30)26(31-15-32-27)33-18-5-7-19(8-6-18)35-11-9-34(4)10-12-35/h5-8,13-16H,9-12H2,1-4H3,(H,31,32,33). The van der Waals surface area contributed by atoms with Gasteiger partial charge in [-0.2, -0.15) is 9.37 Å². The Kier molecular flexibility index (Phi) is 6.68. The maximum Gasteiger partial charge on any atom is 0.261 e. The summed E-state index contributed by atoms with van der Waals surface area (Å²) in [5.74, 6) is -3.47. The normalized spacial score (nSPS) is 14.5. The molecule has 194 valence electrons. The summed E-state index contributed by atoms with van der Waals surface area (Å²) in [7, 11) is 2.10. The van der Waals surface area contributed by atoms with E-state index < -0.39 is 29.1 Å². The molecule has 0 unspecified atom stereocenters. The topological polar surface area (TPSA) is 58.5 Å². The molecule has 2 aromatic carbocycles. The fraction of sp³-hybridized carbons (Fsp3) is 0.333. The van der Waals surface area contributed by atoms with Gasteiger partial charge in [-0.25, -0.2) is 13.8 Å². The molecule has 3 heterocycles. The Morgan fingerprint density at radius 1 is 0.946 bits per heavy atom. The highest BCUT2D eigenvalue weighted by Crippen LogP contribution is 2.36. The Bertz CT molecular complexity index is 1430. The summed E-state index contributed by atoms with van der Waals surface area (Å²) in [5, 5.41) is 2.97. The summed E-state index contributed by atoms with van der Waals surface area (Å²) in [6.07, 6.45) is 1.10. The molecule has 10 heteroatoms. The van der Waals surface area contributed by atoms with Gasteiger partial charge in [-0.05, 0) is 58.2 Å². The monoisotopic (exact) mass is 510 g/mol. The van der Waals surface area contributed by atoms with Gasteiger partial charge >= 0.3 is 0 Å². The summed E-state index contributed by atoms with van der Waals surface area (Å²) in [6, 6.07) is 9.99. The van der Waals surface area contributed by atoms with Gasteiger partial charge in [-0.15, -0.1) is 0 Å². The van der Waals surface area contributed by atoms with Gasteiger partial charge < -0.3 is 24.4 Å². The highest BCUT2D eigenvalue weighted by Gasteiger charge is 2.23. The predicted molar refractivity (Wildman–Crippen MR) is 138 cm³/mol. The van der Waals surface area contributed by atoms with Crippen molar-refractivity contribution in [3.63, 3.8) is 0 Å². The third kappa shape index (κ3) is 4.81. The molecule has 1 N–H and O–H groups in total. The van der Waals surface area contributed by atoms with Crippen LogP contribution in [0.15, 0.2) is 42.7 Å². The lowest BCUT2D eigenvalue weighted by Gasteiger charge is -2.34. The molecule has 0 atom stereocenters. The van der Waals surface area contributed by atoms with Crippen LogP contribution in [0.1, 0.15) is 25.6 Å². The van der Waals surface area contributed by atoms with Crippen molar-refractivity contribution in [3.05, 3.63) is 65.9 Å². The van der Waals surface area contributed by atoms with Crippen LogP contribution >= 0.6 is 0 Å². The quantitative estimate of drug-likeness (QED) is 0.342. The van der Waals surface area contributed by atoms with Crippen molar-refractivity contribution in [2.45, 2.75) is 26.8 Å². The third-order valence-electron chi connectivity index (χ3n) is 6.65. The number of halogens is 3. The third-order valence-corrected chi connectivity index (χ3v) is 6.65. The number of aromatic nitrogens is 3. The first-order valence-electron chi connectivity index (χ1n) is 12.2. The fourth-order valence-corrected chi connectivity index (χ4v) is 4.76. The average molecular weight is 511 g/mol. The van der Waals surface area contributed by atoms with Crippen LogP contribution in [0.2, 0.25) is 0 Å². The second kappa shape index (κ2) is 9.93. The molecule has 0 spiro atoms. The van der Waals surface area contributed by atoms with Crippen LogP contribution in [-0.2, 0) is 0 Å². The number of ether oxygens (including phenoxy) is 1. The lowest BCUT2D eigenvalue weighted by Crippen LogP contribution is -2.44. The number of hydrogen-bond acceptors (Lipinski definition) is 6. The molecule has 1 fully saturated rings. The van der Waals surface area contributed by atoms with Crippen molar-refractivity contribution in [3.8, 4) is 11.6 Å². The van der Waals surface area contributed by atoms with E-state index >= 15 is 13.2 Å². The molecule has 0 bridgehead atoms. The minimum Gasteiger partial charge on any atom is -0.433 e. The fourth-order valence-electron chi connectivity index (χ4n) is 4.76. The number of likely N-dealkylation sites (N-methyl/N-ethyl adjacent to an activating group) is 1. The Hall–Kier alpha value is -3.79. The molecule has 37 heavy (non-hydrogen) atoms. The Morgan fingerprint density at radius 3 is 2.32 bits per heavy atom. The van der Waals surface area contributed by atoms with E-state index in [1.165, 1.54) is 0 Å². The van der Waals surface area contributed by atoms with Crippen molar-refractivity contribution in [2.75, 3.05) is 43.4 Å². The van der Waals surface area contributed by atoms with Gasteiger partial charge in [0.25, 0.3) is 5.88 Å². The zero-order valence-electron chi connectivity index (χ0n) is 21.2. The van der Waals surface area contributed by atoms with Gasteiger partial charge in [0.15, 0.2) is 23.2 Å². The molecule has 1 aliphatic heterocycles. The Labute approximate surface area is 213 Å². The van der Waals surface area contributed by atoms with Gasteiger partial charge in [-0.1, -0.05) is 0 Å². The maximum atomic E-state index is 15.3. The first-order chi connectivity index (χ1) is 17.7. The summed E-state index contributed by atoms with van der Waals surface area (Å²) >= 11 is 0. The number of fused-ring (bicyclic) bond motifs is 1. The van der Waals surface area contributed by atoms with Crippen molar-refractivity contribution in [2.24, 2.45) is 0 Å². The van der Waals surface area contributed by atoms with E-state index in [4.69, 9.17) is 4.74 Å². The zero-order valence-corrected chi connectivity index (χ0v) is 21.2. The first kappa shape index (κ1) is 24.9. The lowest BCUT2D eigenvalue weighted by molar-refractivity contribution is 0.313. The first-order valence-corrected chi connectivity index (χ1v) is 12.2. The summed E-state index contributed by atoms with van der Waals surface area (Å²) in [4.78, 5) is 12.3. The van der Waals surface area contributed by atoms with Crippen LogP contribution in [0.25, 0.3) is 10.9 Å². The Balaban J connectivity index is 1.38. The van der Waals surface area contributed by atoms with E-state index in [2.05, 4.69) is 32.1 Å². The highest BCUT2D eigenvalue weighted by atomic mass is 19.1. The summed E-state index contributed by atoms with van der Waals surface area (Å²) < 4.78 is 52.7. The van der Waals surface area contributed by atoms with Crippen LogP contribution in [0.3, 0.4) is 0 Å². The van der Waals surface area contributed by atoms with Gasteiger partial charge in [0.05, 0.1) is 5.52 Å². The second-order valence-corrected chi connectivity index (χ2v) is 9.59. The zero-order chi connectivity index (χ0) is 26.3. The molecular formula is C27H29F3N6O. The minimum absolute atomic E-state index is 0.0643. The molecule has 0 amide bonds. The number of nitrogens with one attached hydrogen (secondary N) is 1. The summed E-state index contributed by atoms with van der Waals surface area (Å²) in [5.41, 5.74) is 2.55. The summed E-state index contributed by atoms with van der Waals surface area (Å²) in [6.45, 7) is 9.42. The van der Waals surface area contributed by atoms with Crippen molar-refractivity contribution in [1.29, 1.82) is 0 Å². The molecule has 0 saturated carbocycles. The molecule has 0 aliphatic carbocycles. The number of nitrogens with zero attached hydrogens (tertiary/aromatic N) is 5. The number of rotatable bonds is 6. The van der Waals surface area contributed by atoms with Crippen molar-refractivity contribution < 1.29 is 17.9 Å². The van der Waals surface area contributed by atoms with E-state index in [1.807, 2.05) is 38.1 Å². The minimum atomic E-state index is -0.915. The number of hydrogen-bond donors (Lipinski definition) is 1. The van der Waals surface area contributed by atoms with Gasteiger partial charge in [0.2, 0.25) is 5.82 Å². The highest BCUT2D eigenvalue weighted by molar-refractivity contribution is 5.84. The van der Waals surface area contributed by atoms with Crippen LogP contribution in [0.4, 0.5) is 30.4 Å². The number of anilines is 3. The molecular weight excluding hydrogens is 481 g/mol. The van der Waals surface area contributed by atoms with E-state index in [-0.39, 0.29) is 22.8 Å². The smallest absolute Gasteiger partial charge is 0.261 e. The van der Waals surface area contributed by atoms with Gasteiger partial charge in [0.1, 0.15) is 6.33 Å². The number of benzene rings is 2. The largest absolute Gasteiger partial charge is 0.433 e. The lowest BCUT2D eigenvalue weighted by atomic mass is 10.2. The maximum absolute atomic E-state index is 15.3. The predicted octanol–water partition coefficient (Wildman–Crippen LogP) is 6.03. The number of piperazine rings is 1. The molecule has 2 aromatic heterocycles. The van der Waals surface area contributed by atoms with Crippen LogP contribution in [0.5, 0.6) is 11.6 Å². The van der Waals surface area contributed by atoms with E-state index in [0.717, 1.165) is 44.3 Å². The van der Waals surface area contributed by atoms with Crippen LogP contribution in [0, 0.1) is 24.4 Å².